The van der Waals surface area contributed by atoms with E-state index in [0.717, 1.165) is 18.3 Å². The summed E-state index contributed by atoms with van der Waals surface area (Å²) in [6.07, 6.45) is 7.76. The fourth-order valence-electron chi connectivity index (χ4n) is 2.57. The molecule has 0 heteroatoms. The molecule has 0 aliphatic heterocycles. The molecule has 0 N–H and O–H groups in total. The van der Waals surface area contributed by atoms with Crippen LogP contribution < -0.4 is 0 Å². The average Bonchev–Trinajstić information content (AvgIpc) is 2.30. The van der Waals surface area contributed by atoms with Gasteiger partial charge in [-0.2, -0.15) is 0 Å². The largest absolute Gasteiger partial charge is 0.0816 e. The van der Waals surface area contributed by atoms with Gasteiger partial charge >= 0.3 is 0 Å². The Morgan fingerprint density at radius 3 is 2.62 bits per heavy atom. The quantitative estimate of drug-likeness (QED) is 0.644. The van der Waals surface area contributed by atoms with E-state index >= 15 is 0 Å². The molecule has 0 heterocycles. The van der Waals surface area contributed by atoms with Gasteiger partial charge in [-0.1, -0.05) is 55.8 Å². The summed E-state index contributed by atoms with van der Waals surface area (Å²) in [6, 6.07) is 10.8. The van der Waals surface area contributed by atoms with Crippen LogP contribution in [0.25, 0.3) is 0 Å². The smallest absolute Gasteiger partial charge is 0.00670 e. The molecule has 0 radical (unpaired) electrons. The van der Waals surface area contributed by atoms with Crippen LogP contribution in [-0.4, -0.2) is 0 Å². The van der Waals surface area contributed by atoms with Crippen molar-refractivity contribution >= 4 is 0 Å². The minimum atomic E-state index is 0.797. The Bertz CT molecular complexity index is 346. The van der Waals surface area contributed by atoms with E-state index < -0.39 is 0 Å². The zero-order valence-electron chi connectivity index (χ0n) is 10.4. The Labute approximate surface area is 99.4 Å². The minimum absolute atomic E-state index is 0.797. The molecule has 2 rings (SSSR count). The molecule has 1 aromatic carbocycles. The lowest BCUT2D eigenvalue weighted by molar-refractivity contribution is 0.404. The number of rotatable bonds is 3. The maximum Gasteiger partial charge on any atom is -0.00670 e. The van der Waals surface area contributed by atoms with Gasteiger partial charge in [-0.3, -0.25) is 0 Å². The fraction of sp³-hybridized carbons (Fsp3) is 0.500. The summed E-state index contributed by atoms with van der Waals surface area (Å²) in [5.41, 5.74) is 3.11. The molecule has 0 spiro atoms. The van der Waals surface area contributed by atoms with Crippen LogP contribution in [0.2, 0.25) is 0 Å². The van der Waals surface area contributed by atoms with Crippen LogP contribution in [0, 0.1) is 11.8 Å². The summed E-state index contributed by atoms with van der Waals surface area (Å²) in [5.74, 6) is 1.61. The number of benzene rings is 1. The molecule has 16 heavy (non-hydrogen) atoms. The third-order valence-electron chi connectivity index (χ3n) is 3.62. The van der Waals surface area contributed by atoms with Gasteiger partial charge in [0.15, 0.2) is 0 Å². The SMILES string of the molecule is CC(C)C1C=C(Cc2ccccc2)CCC1. The van der Waals surface area contributed by atoms with Crippen LogP contribution in [0.3, 0.4) is 0 Å². The highest BCUT2D eigenvalue weighted by Crippen LogP contribution is 2.29. The lowest BCUT2D eigenvalue weighted by atomic mass is 9.82. The maximum absolute atomic E-state index is 2.54. The van der Waals surface area contributed by atoms with Crippen molar-refractivity contribution in [2.45, 2.75) is 39.5 Å². The normalized spacial score (nSPS) is 20.9. The summed E-state index contributed by atoms with van der Waals surface area (Å²) >= 11 is 0. The first-order valence-electron chi connectivity index (χ1n) is 6.49. The Morgan fingerprint density at radius 2 is 1.94 bits per heavy atom. The monoisotopic (exact) mass is 214 g/mol. The summed E-state index contributed by atoms with van der Waals surface area (Å²) in [7, 11) is 0. The van der Waals surface area contributed by atoms with Gasteiger partial charge in [-0.05, 0) is 43.1 Å². The molecule has 0 saturated carbocycles. The van der Waals surface area contributed by atoms with Crippen LogP contribution in [0.15, 0.2) is 42.0 Å². The van der Waals surface area contributed by atoms with Gasteiger partial charge in [0.05, 0.1) is 0 Å². The summed E-state index contributed by atoms with van der Waals surface area (Å²) in [4.78, 5) is 0. The molecule has 0 bridgehead atoms. The lowest BCUT2D eigenvalue weighted by Gasteiger charge is -2.24. The first kappa shape index (κ1) is 11.4. The zero-order chi connectivity index (χ0) is 11.4. The van der Waals surface area contributed by atoms with Gasteiger partial charge in [0.1, 0.15) is 0 Å². The van der Waals surface area contributed by atoms with Crippen LogP contribution in [0.1, 0.15) is 38.7 Å². The van der Waals surface area contributed by atoms with E-state index in [9.17, 15) is 0 Å². The molecule has 1 aromatic rings. The van der Waals surface area contributed by atoms with Gasteiger partial charge in [0, 0.05) is 0 Å². The van der Waals surface area contributed by atoms with E-state index in [0.29, 0.717) is 0 Å². The Morgan fingerprint density at radius 1 is 1.19 bits per heavy atom. The second kappa shape index (κ2) is 5.34. The first-order valence-corrected chi connectivity index (χ1v) is 6.49. The Hall–Kier alpha value is -1.04. The second-order valence-electron chi connectivity index (χ2n) is 5.29. The summed E-state index contributed by atoms with van der Waals surface area (Å²) in [5, 5.41) is 0. The fourth-order valence-corrected chi connectivity index (χ4v) is 2.57. The number of hydrogen-bond acceptors (Lipinski definition) is 0. The third kappa shape index (κ3) is 2.98. The van der Waals surface area contributed by atoms with Crippen LogP contribution in [0.4, 0.5) is 0 Å². The molecule has 0 aromatic heterocycles. The molecule has 0 fully saturated rings. The summed E-state index contributed by atoms with van der Waals surface area (Å²) in [6.45, 7) is 4.68. The first-order chi connectivity index (χ1) is 7.75. The highest BCUT2D eigenvalue weighted by atomic mass is 14.2. The van der Waals surface area contributed by atoms with E-state index in [4.69, 9.17) is 0 Å². The standard InChI is InChI=1S/C16H22/c1-13(2)16-10-6-9-15(12-16)11-14-7-4-3-5-8-14/h3-5,7-8,12-13,16H,6,9-11H2,1-2H3. The van der Waals surface area contributed by atoms with Crippen molar-refractivity contribution in [3.05, 3.63) is 47.5 Å². The van der Waals surface area contributed by atoms with Gasteiger partial charge in [0.25, 0.3) is 0 Å². The predicted molar refractivity (Wildman–Crippen MR) is 70.4 cm³/mol. The highest BCUT2D eigenvalue weighted by Gasteiger charge is 2.16. The minimum Gasteiger partial charge on any atom is -0.0816 e. The molecular formula is C16H22. The van der Waals surface area contributed by atoms with Crippen molar-refractivity contribution in [1.29, 1.82) is 0 Å². The van der Waals surface area contributed by atoms with Gasteiger partial charge < -0.3 is 0 Å². The maximum atomic E-state index is 2.54. The molecular weight excluding hydrogens is 192 g/mol. The molecule has 1 atom stereocenters. The molecule has 86 valence electrons. The van der Waals surface area contributed by atoms with E-state index in [1.165, 1.54) is 24.8 Å². The van der Waals surface area contributed by atoms with Gasteiger partial charge in [-0.25, -0.2) is 0 Å². The second-order valence-corrected chi connectivity index (χ2v) is 5.29. The van der Waals surface area contributed by atoms with Crippen LogP contribution in [-0.2, 0) is 6.42 Å². The lowest BCUT2D eigenvalue weighted by Crippen LogP contribution is -2.11. The molecule has 0 nitrogen and oxygen atoms in total. The van der Waals surface area contributed by atoms with Crippen LogP contribution in [0.5, 0.6) is 0 Å². The third-order valence-corrected chi connectivity index (χ3v) is 3.62. The van der Waals surface area contributed by atoms with E-state index in [2.05, 4.69) is 50.3 Å². The van der Waals surface area contributed by atoms with E-state index in [-0.39, 0.29) is 0 Å². The molecule has 1 aliphatic carbocycles. The topological polar surface area (TPSA) is 0 Å². The zero-order valence-corrected chi connectivity index (χ0v) is 10.4. The number of hydrogen-bond donors (Lipinski definition) is 0. The van der Waals surface area contributed by atoms with Crippen molar-refractivity contribution in [1.82, 2.24) is 0 Å². The molecule has 0 amide bonds. The highest BCUT2D eigenvalue weighted by molar-refractivity contribution is 5.23. The molecule has 1 unspecified atom stereocenters. The van der Waals surface area contributed by atoms with Crippen molar-refractivity contribution in [3.63, 3.8) is 0 Å². The number of allylic oxidation sites excluding steroid dienone is 2. The van der Waals surface area contributed by atoms with Gasteiger partial charge in [0.2, 0.25) is 0 Å². The molecule has 1 aliphatic rings. The average molecular weight is 214 g/mol. The summed E-state index contributed by atoms with van der Waals surface area (Å²) < 4.78 is 0. The van der Waals surface area contributed by atoms with Crippen LogP contribution >= 0.6 is 0 Å². The molecule has 0 saturated heterocycles. The van der Waals surface area contributed by atoms with Crippen molar-refractivity contribution in [3.8, 4) is 0 Å². The Kier molecular flexibility index (Phi) is 3.82. The Balaban J connectivity index is 2.04. The van der Waals surface area contributed by atoms with Crippen molar-refractivity contribution in [2.75, 3.05) is 0 Å². The predicted octanol–water partition coefficient (Wildman–Crippen LogP) is 4.61. The van der Waals surface area contributed by atoms with E-state index in [1.54, 1.807) is 5.57 Å². The van der Waals surface area contributed by atoms with E-state index in [1.807, 2.05) is 0 Å². The van der Waals surface area contributed by atoms with Gasteiger partial charge in [-0.15, -0.1) is 0 Å². The van der Waals surface area contributed by atoms with Crippen molar-refractivity contribution in [2.24, 2.45) is 11.8 Å². The van der Waals surface area contributed by atoms with Crippen molar-refractivity contribution < 1.29 is 0 Å².